The molecule has 0 radical (unpaired) electrons. The highest BCUT2D eigenvalue weighted by molar-refractivity contribution is 8.30. The zero-order valence-corrected chi connectivity index (χ0v) is 21.1. The molecule has 0 aliphatic carbocycles. The zero-order valence-electron chi connectivity index (χ0n) is 17.8. The Kier molecular flexibility index (Phi) is 8.83. The summed E-state index contributed by atoms with van der Waals surface area (Å²) in [6, 6.07) is 25.3. The summed E-state index contributed by atoms with van der Waals surface area (Å²) >= 11 is 13.2. The fraction of sp³-hybridized carbons (Fsp3) is 0.120. The van der Waals surface area contributed by atoms with Crippen LogP contribution < -0.4 is 10.6 Å². The monoisotopic (exact) mass is 498 g/mol. The second kappa shape index (κ2) is 11.6. The third kappa shape index (κ3) is 5.96. The van der Waals surface area contributed by atoms with Crippen molar-refractivity contribution in [2.45, 2.75) is 6.92 Å². The van der Waals surface area contributed by atoms with Crippen molar-refractivity contribution in [2.75, 3.05) is 13.7 Å². The molecular weight excluding hydrogens is 475 g/mol. The lowest BCUT2D eigenvalue weighted by molar-refractivity contribution is 0.0600. The van der Waals surface area contributed by atoms with Crippen LogP contribution >= 0.6 is 30.0 Å². The van der Waals surface area contributed by atoms with Crippen LogP contribution in [0.25, 0.3) is 4.91 Å². The molecule has 7 heteroatoms. The molecule has 0 bridgehead atoms. The van der Waals surface area contributed by atoms with Gasteiger partial charge in [-0.15, -0.1) is 0 Å². The van der Waals surface area contributed by atoms with E-state index in [0.29, 0.717) is 16.6 Å². The van der Waals surface area contributed by atoms with E-state index in [1.165, 1.54) is 18.9 Å². The number of carbonyl (C=O) groups excluding carboxylic acids is 1. The lowest BCUT2D eigenvalue weighted by Crippen LogP contribution is -2.14. The number of hydrogen-bond acceptors (Lipinski definition) is 6. The van der Waals surface area contributed by atoms with E-state index >= 15 is 0 Å². The second-order valence-corrected chi connectivity index (χ2v) is 12.7. The molecule has 0 amide bonds. The molecule has 0 atom stereocenters. The lowest BCUT2D eigenvalue weighted by atomic mass is 10.1. The maximum atomic E-state index is 11.9. The van der Waals surface area contributed by atoms with Gasteiger partial charge < -0.3 is 9.47 Å². The minimum Gasteiger partial charge on any atom is -0.479 e. The Bertz CT molecular complexity index is 1100. The summed E-state index contributed by atoms with van der Waals surface area (Å²) in [6.07, 6.45) is 0. The van der Waals surface area contributed by atoms with Crippen LogP contribution in [-0.4, -0.2) is 24.1 Å². The smallest absolute Gasteiger partial charge is 0.337 e. The average Bonchev–Trinajstić information content (AvgIpc) is 2.84. The summed E-state index contributed by atoms with van der Waals surface area (Å²) in [5.74, 6) is 1.77. The van der Waals surface area contributed by atoms with E-state index in [-0.39, 0.29) is 5.97 Å². The number of rotatable bonds is 7. The number of thioether (sulfide) groups is 1. The summed E-state index contributed by atoms with van der Waals surface area (Å²) in [5, 5.41) is 2.18. The molecule has 0 N–H and O–H groups in total. The van der Waals surface area contributed by atoms with Crippen LogP contribution in [0.5, 0.6) is 0 Å². The van der Waals surface area contributed by atoms with Crippen LogP contribution in [0.3, 0.4) is 0 Å². The van der Waals surface area contributed by atoms with Gasteiger partial charge in [0.05, 0.1) is 19.3 Å². The van der Waals surface area contributed by atoms with Crippen molar-refractivity contribution < 1.29 is 14.3 Å². The van der Waals surface area contributed by atoms with Crippen LogP contribution in [0.1, 0.15) is 22.8 Å². The Hall–Kier alpha value is -2.24. The van der Waals surface area contributed by atoms with Crippen molar-refractivity contribution in [3.8, 4) is 0 Å². The van der Waals surface area contributed by atoms with Gasteiger partial charge in [-0.05, 0) is 65.0 Å². The van der Waals surface area contributed by atoms with E-state index in [9.17, 15) is 4.79 Å². The highest BCUT2D eigenvalue weighted by atomic mass is 32.4. The molecule has 0 heterocycles. The Morgan fingerprint density at radius 3 is 1.88 bits per heavy atom. The summed E-state index contributed by atoms with van der Waals surface area (Å²) in [4.78, 5) is 12.8. The van der Waals surface area contributed by atoms with Gasteiger partial charge in [0.25, 0.3) is 0 Å². The van der Waals surface area contributed by atoms with Gasteiger partial charge in [-0.3, -0.25) is 0 Å². The fourth-order valence-corrected chi connectivity index (χ4v) is 8.28. The second-order valence-electron chi connectivity index (χ2n) is 6.68. The average molecular weight is 499 g/mol. The summed E-state index contributed by atoms with van der Waals surface area (Å²) < 4.78 is 10.8. The molecule has 3 nitrogen and oxygen atoms in total. The molecule has 0 aliphatic heterocycles. The van der Waals surface area contributed by atoms with Crippen molar-refractivity contribution in [3.05, 3.63) is 102 Å². The number of esters is 1. The molecule has 0 aliphatic rings. The van der Waals surface area contributed by atoms with Gasteiger partial charge in [0.2, 0.25) is 4.38 Å². The van der Waals surface area contributed by atoms with Crippen LogP contribution in [-0.2, 0) is 21.3 Å². The van der Waals surface area contributed by atoms with Crippen LogP contribution in [0.2, 0.25) is 0 Å². The molecule has 0 saturated heterocycles. The maximum Gasteiger partial charge on any atom is 0.337 e. The molecule has 3 aromatic rings. The molecule has 3 aromatic carbocycles. The zero-order chi connectivity index (χ0) is 23.0. The Morgan fingerprint density at radius 2 is 1.41 bits per heavy atom. The van der Waals surface area contributed by atoms with Gasteiger partial charge >= 0.3 is 5.97 Å². The first-order valence-electron chi connectivity index (χ1n) is 9.95. The Morgan fingerprint density at radius 1 is 0.906 bits per heavy atom. The van der Waals surface area contributed by atoms with E-state index in [2.05, 4.69) is 30.1 Å². The lowest BCUT2D eigenvalue weighted by Gasteiger charge is -2.22. The molecule has 0 fully saturated rings. The summed E-state index contributed by atoms with van der Waals surface area (Å²) in [5.41, 5.74) is 1.39. The van der Waals surface area contributed by atoms with Crippen molar-refractivity contribution in [2.24, 2.45) is 0 Å². The first kappa shape index (κ1) is 24.4. The van der Waals surface area contributed by atoms with Gasteiger partial charge in [-0.2, -0.15) is 0 Å². The van der Waals surface area contributed by atoms with Crippen molar-refractivity contribution in [1.29, 1.82) is 0 Å². The van der Waals surface area contributed by atoms with E-state index in [4.69, 9.17) is 33.5 Å². The summed E-state index contributed by atoms with van der Waals surface area (Å²) in [6.45, 7) is 2.39. The predicted octanol–water partition coefficient (Wildman–Crippen LogP) is 5.96. The predicted molar refractivity (Wildman–Crippen MR) is 144 cm³/mol. The SMILES string of the molecule is CCOC(=S)S/C(=C/P(=S)(c1ccccc1)c1ccccc1)c1ccc(C(=O)OC)cc1. The quantitative estimate of drug-likeness (QED) is 0.227. The minimum absolute atomic E-state index is 0.377. The third-order valence-electron chi connectivity index (χ3n) is 4.62. The number of methoxy groups -OCH3 is 1. The molecule has 0 aromatic heterocycles. The van der Waals surface area contributed by atoms with Crippen molar-refractivity contribution in [3.63, 3.8) is 0 Å². The van der Waals surface area contributed by atoms with Crippen molar-refractivity contribution >= 4 is 67.7 Å². The number of hydrogen-bond donors (Lipinski definition) is 0. The van der Waals surface area contributed by atoms with Gasteiger partial charge in [0.15, 0.2) is 0 Å². The van der Waals surface area contributed by atoms with E-state index in [0.717, 1.165) is 21.1 Å². The molecule has 3 rings (SSSR count). The van der Waals surface area contributed by atoms with Crippen LogP contribution in [0, 0.1) is 0 Å². The highest BCUT2D eigenvalue weighted by Gasteiger charge is 2.22. The van der Waals surface area contributed by atoms with Crippen molar-refractivity contribution in [1.82, 2.24) is 0 Å². The molecular formula is C25H23O3PS3. The largest absolute Gasteiger partial charge is 0.479 e. The van der Waals surface area contributed by atoms with Gasteiger partial charge in [0, 0.05) is 10.9 Å². The first-order chi connectivity index (χ1) is 15.5. The number of ether oxygens (including phenoxy) is 2. The minimum atomic E-state index is -2.31. The van der Waals surface area contributed by atoms with Gasteiger partial charge in [-0.1, -0.05) is 84.6 Å². The number of carbonyl (C=O) groups is 1. The summed E-state index contributed by atoms with van der Waals surface area (Å²) in [7, 11) is 1.37. The standard InChI is InChI=1S/C25H23O3PS3/c1-3-28-25(30)32-23(19-14-16-20(17-15-19)24(26)27-2)18-29(31,21-10-6-4-7-11-21)22-12-8-5-9-13-22/h4-18H,3H2,1-2H3/b23-18+. The Balaban J connectivity index is 2.16. The molecule has 164 valence electrons. The highest BCUT2D eigenvalue weighted by Crippen LogP contribution is 2.50. The molecule has 0 unspecified atom stereocenters. The van der Waals surface area contributed by atoms with E-state index in [1.807, 2.05) is 55.5 Å². The van der Waals surface area contributed by atoms with Crippen LogP contribution in [0.15, 0.2) is 90.7 Å². The fourth-order valence-electron chi connectivity index (χ4n) is 3.05. The van der Waals surface area contributed by atoms with Gasteiger partial charge in [-0.25, -0.2) is 4.79 Å². The van der Waals surface area contributed by atoms with E-state index < -0.39 is 6.04 Å². The van der Waals surface area contributed by atoms with E-state index in [1.54, 1.807) is 12.1 Å². The normalized spacial score (nSPS) is 11.6. The maximum absolute atomic E-state index is 11.9. The molecule has 0 saturated carbocycles. The van der Waals surface area contributed by atoms with Crippen LogP contribution in [0.4, 0.5) is 0 Å². The third-order valence-corrected chi connectivity index (χ3v) is 10.4. The number of thiocarbonyl (C=S) groups is 1. The molecule has 0 spiro atoms. The Labute approximate surface area is 203 Å². The number of benzene rings is 3. The topological polar surface area (TPSA) is 35.5 Å². The molecule has 32 heavy (non-hydrogen) atoms. The first-order valence-corrected chi connectivity index (χ1v) is 14.0. The van der Waals surface area contributed by atoms with Gasteiger partial charge in [0.1, 0.15) is 0 Å².